The molecule has 58 valence electrons. The fourth-order valence-electron chi connectivity index (χ4n) is 0.496. The van der Waals surface area contributed by atoms with E-state index in [1.807, 2.05) is 0 Å². The van der Waals surface area contributed by atoms with Crippen LogP contribution in [0.5, 0.6) is 0 Å². The lowest BCUT2D eigenvalue weighted by Crippen LogP contribution is -1.89. The van der Waals surface area contributed by atoms with Crippen molar-refractivity contribution in [2.45, 2.75) is 0 Å². The van der Waals surface area contributed by atoms with Crippen LogP contribution in [0.3, 0.4) is 0 Å². The smallest absolute Gasteiger partial charge is 0.347 e. The highest BCUT2D eigenvalue weighted by Gasteiger charge is 2.06. The van der Waals surface area contributed by atoms with Crippen molar-refractivity contribution >= 4 is 23.5 Å². The molecule has 6 heteroatoms. The highest BCUT2D eigenvalue weighted by Crippen LogP contribution is 2.10. The van der Waals surface area contributed by atoms with Crippen LogP contribution in [-0.4, -0.2) is 27.5 Å². The molecule has 1 heterocycles. The van der Waals surface area contributed by atoms with Crippen LogP contribution in [0.25, 0.3) is 0 Å². The Labute approximate surface area is 65.6 Å². The number of rotatable bonds is 2. The van der Waals surface area contributed by atoms with E-state index in [0.29, 0.717) is 5.01 Å². The largest absolute Gasteiger partial charge is 0.477 e. The van der Waals surface area contributed by atoms with E-state index in [1.54, 1.807) is 0 Å². The summed E-state index contributed by atoms with van der Waals surface area (Å²) in [6.07, 6.45) is 2.29. The Kier molecular flexibility index (Phi) is 2.17. The van der Waals surface area contributed by atoms with E-state index < -0.39 is 5.97 Å². The summed E-state index contributed by atoms with van der Waals surface area (Å²) in [5, 5.41) is 19.6. The van der Waals surface area contributed by atoms with Crippen molar-refractivity contribution in [3.05, 3.63) is 16.1 Å². The third-order valence-electron chi connectivity index (χ3n) is 0.903. The molecule has 0 saturated carbocycles. The lowest BCUT2D eigenvalue weighted by atomic mass is 10.6. The molecule has 11 heavy (non-hydrogen) atoms. The number of hydrogen-bond donors (Lipinski definition) is 2. The van der Waals surface area contributed by atoms with E-state index in [4.69, 9.17) is 10.3 Å². The molecule has 0 aromatic carbocycles. The number of nitrogens with zero attached hydrogens (tertiary/aromatic N) is 2. The Bertz CT molecular complexity index is 294. The van der Waals surface area contributed by atoms with Crippen LogP contribution < -0.4 is 0 Å². The Hall–Kier alpha value is -1.43. The van der Waals surface area contributed by atoms with Gasteiger partial charge < -0.3 is 10.3 Å². The molecule has 0 aliphatic carbocycles. The molecule has 0 amide bonds. The van der Waals surface area contributed by atoms with Crippen molar-refractivity contribution in [3.8, 4) is 0 Å². The number of oxime groups is 1. The van der Waals surface area contributed by atoms with Gasteiger partial charge in [0, 0.05) is 0 Å². The Morgan fingerprint density at radius 1 is 1.82 bits per heavy atom. The Morgan fingerprint density at radius 2 is 2.55 bits per heavy atom. The number of carbonyl (C=O) groups is 1. The zero-order valence-electron chi connectivity index (χ0n) is 5.26. The second kappa shape index (κ2) is 3.11. The fraction of sp³-hybridized carbons (Fsp3) is 0. The molecular weight excluding hydrogens is 168 g/mol. The summed E-state index contributed by atoms with van der Waals surface area (Å²) in [4.78, 5) is 14.1. The molecule has 5 nitrogen and oxygen atoms in total. The second-order valence-corrected chi connectivity index (χ2v) is 2.67. The van der Waals surface area contributed by atoms with Crippen LogP contribution in [0, 0.1) is 0 Å². The third-order valence-corrected chi connectivity index (χ3v) is 1.82. The molecule has 0 atom stereocenters. The van der Waals surface area contributed by atoms with Crippen molar-refractivity contribution in [1.29, 1.82) is 0 Å². The highest BCUT2D eigenvalue weighted by atomic mass is 32.1. The van der Waals surface area contributed by atoms with Crippen LogP contribution in [0.4, 0.5) is 0 Å². The van der Waals surface area contributed by atoms with Crippen molar-refractivity contribution in [2.75, 3.05) is 0 Å². The summed E-state index contributed by atoms with van der Waals surface area (Å²) in [7, 11) is 0. The molecule has 0 fully saturated rings. The van der Waals surface area contributed by atoms with Gasteiger partial charge >= 0.3 is 5.97 Å². The van der Waals surface area contributed by atoms with Crippen LogP contribution in [-0.2, 0) is 0 Å². The van der Waals surface area contributed by atoms with Crippen molar-refractivity contribution < 1.29 is 15.1 Å². The number of carboxylic acids is 1. The third kappa shape index (κ3) is 1.74. The molecule has 0 aliphatic heterocycles. The van der Waals surface area contributed by atoms with Crippen molar-refractivity contribution in [3.63, 3.8) is 0 Å². The second-order valence-electron chi connectivity index (χ2n) is 1.61. The normalized spacial score (nSPS) is 10.5. The van der Waals surface area contributed by atoms with E-state index in [0.717, 1.165) is 17.6 Å². The molecule has 0 unspecified atom stereocenters. The number of thiazole rings is 1. The van der Waals surface area contributed by atoms with Crippen LogP contribution in [0.2, 0.25) is 0 Å². The maximum atomic E-state index is 10.3. The number of hydrogen-bond acceptors (Lipinski definition) is 5. The van der Waals surface area contributed by atoms with Gasteiger partial charge in [0.25, 0.3) is 0 Å². The van der Waals surface area contributed by atoms with Gasteiger partial charge in [-0.3, -0.25) is 0 Å². The van der Waals surface area contributed by atoms with E-state index >= 15 is 0 Å². The zero-order chi connectivity index (χ0) is 8.27. The van der Waals surface area contributed by atoms with Crippen molar-refractivity contribution in [2.24, 2.45) is 5.16 Å². The van der Waals surface area contributed by atoms with Gasteiger partial charge in [0.05, 0.1) is 6.20 Å². The van der Waals surface area contributed by atoms with Crippen molar-refractivity contribution in [1.82, 2.24) is 4.98 Å². The first-order chi connectivity index (χ1) is 5.24. The summed E-state index contributed by atoms with van der Waals surface area (Å²) >= 11 is 0.946. The first kappa shape index (κ1) is 7.67. The number of aromatic carboxylic acids is 1. The van der Waals surface area contributed by atoms with Gasteiger partial charge in [-0.15, -0.1) is 11.3 Å². The molecule has 0 saturated heterocycles. The van der Waals surface area contributed by atoms with Gasteiger partial charge in [0.15, 0.2) is 0 Å². The molecule has 0 spiro atoms. The molecule has 0 aliphatic rings. The Morgan fingerprint density at radius 3 is 3.00 bits per heavy atom. The van der Waals surface area contributed by atoms with E-state index in [-0.39, 0.29) is 4.88 Å². The van der Waals surface area contributed by atoms with Gasteiger partial charge in [-0.1, -0.05) is 5.16 Å². The average molecular weight is 172 g/mol. The molecule has 1 rings (SSSR count). The van der Waals surface area contributed by atoms with Crippen LogP contribution in [0.1, 0.15) is 14.7 Å². The molecular formula is C5H4N2O3S. The first-order valence-corrected chi connectivity index (χ1v) is 3.42. The summed E-state index contributed by atoms with van der Waals surface area (Å²) < 4.78 is 0. The van der Waals surface area contributed by atoms with Gasteiger partial charge in [-0.25, -0.2) is 9.78 Å². The molecule has 2 N–H and O–H groups in total. The van der Waals surface area contributed by atoms with Gasteiger partial charge in [0.2, 0.25) is 0 Å². The fourth-order valence-corrected chi connectivity index (χ4v) is 1.12. The SMILES string of the molecule is O=C(O)c1cnc(/C=N\O)s1. The molecule has 0 bridgehead atoms. The lowest BCUT2D eigenvalue weighted by molar-refractivity contribution is 0.0702. The van der Waals surface area contributed by atoms with E-state index in [2.05, 4.69) is 10.1 Å². The molecule has 1 aromatic heterocycles. The van der Waals surface area contributed by atoms with Gasteiger partial charge in [-0.2, -0.15) is 0 Å². The zero-order valence-corrected chi connectivity index (χ0v) is 6.08. The molecule has 0 radical (unpaired) electrons. The van der Waals surface area contributed by atoms with Gasteiger partial charge in [0.1, 0.15) is 16.1 Å². The average Bonchev–Trinajstić information content (AvgIpc) is 2.37. The van der Waals surface area contributed by atoms with Crippen LogP contribution >= 0.6 is 11.3 Å². The monoisotopic (exact) mass is 172 g/mol. The van der Waals surface area contributed by atoms with Gasteiger partial charge in [-0.05, 0) is 0 Å². The van der Waals surface area contributed by atoms with E-state index in [1.165, 1.54) is 6.20 Å². The minimum Gasteiger partial charge on any atom is -0.477 e. The molecule has 1 aromatic rings. The lowest BCUT2D eigenvalue weighted by Gasteiger charge is -1.79. The maximum Gasteiger partial charge on any atom is 0.347 e. The summed E-state index contributed by atoms with van der Waals surface area (Å²) in [5.41, 5.74) is 0. The number of carboxylic acid groups (broad SMARTS) is 1. The first-order valence-electron chi connectivity index (χ1n) is 2.60. The quantitative estimate of drug-likeness (QED) is 0.389. The predicted molar refractivity (Wildman–Crippen MR) is 38.5 cm³/mol. The summed E-state index contributed by atoms with van der Waals surface area (Å²) in [5.74, 6) is -1.03. The Balaban J connectivity index is 2.90. The number of aromatic nitrogens is 1. The maximum absolute atomic E-state index is 10.3. The minimum atomic E-state index is -1.03. The topological polar surface area (TPSA) is 82.8 Å². The summed E-state index contributed by atoms with van der Waals surface area (Å²) in [6, 6.07) is 0. The van der Waals surface area contributed by atoms with Crippen LogP contribution in [0.15, 0.2) is 11.4 Å². The summed E-state index contributed by atoms with van der Waals surface area (Å²) in [6.45, 7) is 0. The minimum absolute atomic E-state index is 0.125. The predicted octanol–water partition coefficient (Wildman–Crippen LogP) is 0.649. The standard InChI is InChI=1S/C5H4N2O3S/c8-5(9)3-1-6-4(11-3)2-7-10/h1-2,10H,(H,8,9)/b7-2-. The van der Waals surface area contributed by atoms with E-state index in [9.17, 15) is 4.79 Å². The highest BCUT2D eigenvalue weighted by molar-refractivity contribution is 7.15.